The molecule has 4 heteroatoms. The van der Waals surface area contributed by atoms with Crippen LogP contribution < -0.4 is 5.73 Å². The maximum atomic E-state index is 8.99. The average Bonchev–Trinajstić information content (AvgIpc) is 2.86. The summed E-state index contributed by atoms with van der Waals surface area (Å²) in [6, 6.07) is 10.0. The van der Waals surface area contributed by atoms with Crippen LogP contribution in [0.15, 0.2) is 36.7 Å². The quantitative estimate of drug-likeness (QED) is 0.852. The Morgan fingerprint density at radius 2 is 1.95 bits per heavy atom. The van der Waals surface area contributed by atoms with Crippen LogP contribution in [0.2, 0.25) is 0 Å². The molecule has 0 bridgehead atoms. The highest BCUT2D eigenvalue weighted by Gasteiger charge is 2.16. The molecule has 0 saturated heterocycles. The van der Waals surface area contributed by atoms with Crippen LogP contribution in [0, 0.1) is 16.7 Å². The minimum atomic E-state index is -0.312. The van der Waals surface area contributed by atoms with Gasteiger partial charge in [0.25, 0.3) is 0 Å². The van der Waals surface area contributed by atoms with Crippen LogP contribution in [-0.2, 0) is 6.54 Å². The second kappa shape index (κ2) is 5.15. The van der Waals surface area contributed by atoms with Crippen molar-refractivity contribution in [1.82, 2.24) is 9.78 Å². The Hall–Kier alpha value is -2.28. The summed E-state index contributed by atoms with van der Waals surface area (Å²) in [6.45, 7) is 4.63. The molecule has 0 aliphatic heterocycles. The second-order valence-corrected chi connectivity index (χ2v) is 5.36. The Morgan fingerprint density at radius 3 is 2.58 bits per heavy atom. The van der Waals surface area contributed by atoms with E-state index in [4.69, 9.17) is 11.0 Å². The topological polar surface area (TPSA) is 67.6 Å². The molecule has 98 valence electrons. The summed E-state index contributed by atoms with van der Waals surface area (Å²) < 4.78 is 1.88. The van der Waals surface area contributed by atoms with Crippen LogP contribution in [0.3, 0.4) is 0 Å². The van der Waals surface area contributed by atoms with E-state index in [2.05, 4.69) is 11.2 Å². The molecule has 1 aromatic heterocycles. The van der Waals surface area contributed by atoms with Crippen molar-refractivity contribution in [2.24, 2.45) is 5.41 Å². The highest BCUT2D eigenvalue weighted by Crippen LogP contribution is 2.22. The SMILES string of the molecule is CC(C)(C#N)CCn1cc(-c2ccc(N)cc2)cn1. The number of hydrogen-bond acceptors (Lipinski definition) is 3. The van der Waals surface area contributed by atoms with Crippen LogP contribution in [-0.4, -0.2) is 9.78 Å². The number of nitrogens with two attached hydrogens (primary N) is 1. The molecule has 2 aromatic rings. The van der Waals surface area contributed by atoms with Gasteiger partial charge in [-0.2, -0.15) is 10.4 Å². The Kier molecular flexibility index (Phi) is 3.57. The van der Waals surface area contributed by atoms with Crippen LogP contribution in [0.5, 0.6) is 0 Å². The Balaban J connectivity index is 2.07. The van der Waals surface area contributed by atoms with Gasteiger partial charge in [0.2, 0.25) is 0 Å². The third-order valence-electron chi connectivity index (χ3n) is 3.15. The van der Waals surface area contributed by atoms with Crippen molar-refractivity contribution in [2.45, 2.75) is 26.8 Å². The fourth-order valence-electron chi connectivity index (χ4n) is 1.76. The van der Waals surface area contributed by atoms with E-state index in [1.54, 1.807) is 0 Å². The molecule has 4 nitrogen and oxygen atoms in total. The number of nitrogen functional groups attached to an aromatic ring is 1. The number of anilines is 1. The third-order valence-corrected chi connectivity index (χ3v) is 3.15. The molecule has 0 radical (unpaired) electrons. The minimum Gasteiger partial charge on any atom is -0.399 e. The van der Waals surface area contributed by atoms with Crippen molar-refractivity contribution in [2.75, 3.05) is 5.73 Å². The van der Waals surface area contributed by atoms with Gasteiger partial charge in [-0.15, -0.1) is 0 Å². The van der Waals surface area contributed by atoms with Crippen molar-refractivity contribution >= 4 is 5.69 Å². The molecular weight excluding hydrogens is 236 g/mol. The molecule has 0 atom stereocenters. The fraction of sp³-hybridized carbons (Fsp3) is 0.333. The van der Waals surface area contributed by atoms with Crippen molar-refractivity contribution in [3.05, 3.63) is 36.7 Å². The molecule has 19 heavy (non-hydrogen) atoms. The summed E-state index contributed by atoms with van der Waals surface area (Å²) >= 11 is 0. The molecule has 2 rings (SSSR count). The lowest BCUT2D eigenvalue weighted by Crippen LogP contribution is -2.12. The number of nitriles is 1. The average molecular weight is 254 g/mol. The first-order valence-electron chi connectivity index (χ1n) is 6.30. The smallest absolute Gasteiger partial charge is 0.0684 e. The summed E-state index contributed by atoms with van der Waals surface area (Å²) in [5.41, 5.74) is 8.28. The summed E-state index contributed by atoms with van der Waals surface area (Å²) in [5.74, 6) is 0. The van der Waals surface area contributed by atoms with Gasteiger partial charge in [0, 0.05) is 24.0 Å². The summed E-state index contributed by atoms with van der Waals surface area (Å²) in [4.78, 5) is 0. The molecule has 1 aromatic carbocycles. The first kappa shape index (κ1) is 13.2. The second-order valence-electron chi connectivity index (χ2n) is 5.36. The van der Waals surface area contributed by atoms with E-state index >= 15 is 0 Å². The van der Waals surface area contributed by atoms with Gasteiger partial charge in [-0.3, -0.25) is 4.68 Å². The molecule has 1 heterocycles. The van der Waals surface area contributed by atoms with Crippen LogP contribution in [0.4, 0.5) is 5.69 Å². The molecule has 0 spiro atoms. The fourth-order valence-corrected chi connectivity index (χ4v) is 1.76. The van der Waals surface area contributed by atoms with Gasteiger partial charge < -0.3 is 5.73 Å². The van der Waals surface area contributed by atoms with Gasteiger partial charge in [0.05, 0.1) is 17.7 Å². The van der Waals surface area contributed by atoms with Gasteiger partial charge in [0.1, 0.15) is 0 Å². The Labute approximate surface area is 113 Å². The van der Waals surface area contributed by atoms with Crippen molar-refractivity contribution in [3.8, 4) is 17.2 Å². The number of aromatic nitrogens is 2. The zero-order valence-electron chi connectivity index (χ0n) is 11.3. The van der Waals surface area contributed by atoms with E-state index < -0.39 is 0 Å². The maximum absolute atomic E-state index is 8.99. The van der Waals surface area contributed by atoms with Gasteiger partial charge in [-0.1, -0.05) is 12.1 Å². The zero-order valence-corrected chi connectivity index (χ0v) is 11.3. The standard InChI is InChI=1S/C15H18N4/c1-15(2,11-16)7-8-19-10-13(9-18-19)12-3-5-14(17)6-4-12/h3-6,9-10H,7-8,17H2,1-2H3. The lowest BCUT2D eigenvalue weighted by molar-refractivity contribution is 0.399. The first-order valence-corrected chi connectivity index (χ1v) is 6.30. The van der Waals surface area contributed by atoms with Crippen LogP contribution in [0.25, 0.3) is 11.1 Å². The number of aryl methyl sites for hydroxylation is 1. The number of rotatable bonds is 4. The molecule has 2 N–H and O–H groups in total. The summed E-state index contributed by atoms with van der Waals surface area (Å²) in [6.07, 6.45) is 4.62. The van der Waals surface area contributed by atoms with Crippen molar-refractivity contribution in [3.63, 3.8) is 0 Å². The molecular formula is C15H18N4. The largest absolute Gasteiger partial charge is 0.399 e. The number of benzene rings is 1. The van der Waals surface area contributed by atoms with E-state index in [0.717, 1.165) is 29.8 Å². The molecule has 0 saturated carbocycles. The number of hydrogen-bond donors (Lipinski definition) is 1. The summed E-state index contributed by atoms with van der Waals surface area (Å²) in [7, 11) is 0. The van der Waals surface area contributed by atoms with Crippen molar-refractivity contribution < 1.29 is 0 Å². The highest BCUT2D eigenvalue weighted by molar-refractivity contribution is 5.63. The predicted molar refractivity (Wildman–Crippen MR) is 76.1 cm³/mol. The predicted octanol–water partition coefficient (Wildman–Crippen LogP) is 3.07. The van der Waals surface area contributed by atoms with E-state index in [1.165, 1.54) is 0 Å². The first-order chi connectivity index (χ1) is 9.00. The Bertz CT molecular complexity index is 587. The van der Waals surface area contributed by atoms with Gasteiger partial charge in [-0.05, 0) is 38.0 Å². The molecule has 0 aliphatic carbocycles. The van der Waals surface area contributed by atoms with Crippen LogP contribution in [0.1, 0.15) is 20.3 Å². The maximum Gasteiger partial charge on any atom is 0.0684 e. The highest BCUT2D eigenvalue weighted by atomic mass is 15.3. The normalized spacial score (nSPS) is 11.2. The van der Waals surface area contributed by atoms with E-state index in [1.807, 2.05) is 55.2 Å². The van der Waals surface area contributed by atoms with Crippen LogP contribution >= 0.6 is 0 Å². The minimum absolute atomic E-state index is 0.312. The molecule has 0 fully saturated rings. The van der Waals surface area contributed by atoms with Crippen molar-refractivity contribution in [1.29, 1.82) is 5.26 Å². The lowest BCUT2D eigenvalue weighted by atomic mass is 9.92. The molecule has 0 amide bonds. The Morgan fingerprint density at radius 1 is 1.26 bits per heavy atom. The van der Waals surface area contributed by atoms with Gasteiger partial charge in [0.15, 0.2) is 0 Å². The molecule has 0 aliphatic rings. The van der Waals surface area contributed by atoms with E-state index in [9.17, 15) is 0 Å². The van der Waals surface area contributed by atoms with Gasteiger partial charge >= 0.3 is 0 Å². The molecule has 0 unspecified atom stereocenters. The third kappa shape index (κ3) is 3.35. The monoisotopic (exact) mass is 254 g/mol. The summed E-state index contributed by atoms with van der Waals surface area (Å²) in [5, 5.41) is 13.3. The van der Waals surface area contributed by atoms with Gasteiger partial charge in [-0.25, -0.2) is 0 Å². The lowest BCUT2D eigenvalue weighted by Gasteiger charge is -2.14. The number of nitrogens with zero attached hydrogens (tertiary/aromatic N) is 3. The van der Waals surface area contributed by atoms with E-state index in [0.29, 0.717) is 0 Å². The van der Waals surface area contributed by atoms with E-state index in [-0.39, 0.29) is 5.41 Å². The zero-order chi connectivity index (χ0) is 13.9.